The van der Waals surface area contributed by atoms with Crippen molar-refractivity contribution in [3.63, 3.8) is 0 Å². The summed E-state index contributed by atoms with van der Waals surface area (Å²) < 4.78 is 11.6. The Bertz CT molecular complexity index is 1210. The summed E-state index contributed by atoms with van der Waals surface area (Å²) in [5.74, 6) is 0.472. The highest BCUT2D eigenvalue weighted by molar-refractivity contribution is 5.91. The summed E-state index contributed by atoms with van der Waals surface area (Å²) in [5, 5.41) is 9.63. The minimum atomic E-state index is -0.498. The van der Waals surface area contributed by atoms with Crippen LogP contribution in [0.25, 0.3) is 11.1 Å². The van der Waals surface area contributed by atoms with Gasteiger partial charge in [-0.05, 0) is 79.6 Å². The number of esters is 1. The summed E-state index contributed by atoms with van der Waals surface area (Å²) in [7, 11) is 0. The third-order valence-electron chi connectivity index (χ3n) is 7.30. The Hall–Kier alpha value is -3.58. The molecule has 0 N–H and O–H groups in total. The van der Waals surface area contributed by atoms with Gasteiger partial charge in [0.2, 0.25) is 0 Å². The second-order valence-electron chi connectivity index (χ2n) is 10.7. The topological polar surface area (TPSA) is 59.3 Å². The molecular weight excluding hydrogens is 494 g/mol. The van der Waals surface area contributed by atoms with Gasteiger partial charge in [-0.15, -0.1) is 0 Å². The zero-order chi connectivity index (χ0) is 28.6. The summed E-state index contributed by atoms with van der Waals surface area (Å²) in [6.07, 6.45) is 14.6. The summed E-state index contributed by atoms with van der Waals surface area (Å²) >= 11 is 0. The predicted octanol–water partition coefficient (Wildman–Crippen LogP) is 10.1. The van der Waals surface area contributed by atoms with Gasteiger partial charge in [0, 0.05) is 0 Å². The van der Waals surface area contributed by atoms with Crippen molar-refractivity contribution >= 4 is 5.97 Å². The Balaban J connectivity index is 1.52. The number of carbonyl (C=O) groups excluding carboxylic acids is 1. The van der Waals surface area contributed by atoms with Crippen molar-refractivity contribution in [2.75, 3.05) is 0 Å². The van der Waals surface area contributed by atoms with Crippen LogP contribution in [0.15, 0.2) is 66.7 Å². The van der Waals surface area contributed by atoms with Crippen LogP contribution in [-0.2, 0) is 6.42 Å². The molecule has 0 aliphatic rings. The van der Waals surface area contributed by atoms with E-state index >= 15 is 0 Å². The van der Waals surface area contributed by atoms with E-state index in [-0.39, 0.29) is 6.10 Å². The normalized spacial score (nSPS) is 11.6. The first-order valence-electron chi connectivity index (χ1n) is 15.2. The molecule has 3 rings (SSSR count). The van der Waals surface area contributed by atoms with Crippen LogP contribution >= 0.6 is 0 Å². The molecule has 40 heavy (non-hydrogen) atoms. The molecule has 0 bridgehead atoms. The minimum Gasteiger partial charge on any atom is -0.489 e. The van der Waals surface area contributed by atoms with Gasteiger partial charge in [0.25, 0.3) is 0 Å². The van der Waals surface area contributed by atoms with Gasteiger partial charge in [-0.1, -0.05) is 102 Å². The van der Waals surface area contributed by atoms with E-state index < -0.39 is 5.97 Å². The number of ether oxygens (including phenoxy) is 2. The van der Waals surface area contributed by atoms with Crippen LogP contribution in [0.2, 0.25) is 0 Å². The molecule has 0 radical (unpaired) electrons. The molecule has 4 heteroatoms. The highest BCUT2D eigenvalue weighted by atomic mass is 16.5. The number of unbranched alkanes of at least 4 members (excludes halogenated alkanes) is 8. The molecule has 0 fully saturated rings. The predicted molar refractivity (Wildman–Crippen MR) is 164 cm³/mol. The average Bonchev–Trinajstić information content (AvgIpc) is 2.98. The molecule has 3 aromatic rings. The largest absolute Gasteiger partial charge is 0.489 e. The Labute approximate surface area is 241 Å². The van der Waals surface area contributed by atoms with Crippen molar-refractivity contribution < 1.29 is 14.3 Å². The SMILES string of the molecule is CCCCCCCCc1ccc(-c2ccc(OC(=O)c3ccc(OC(C)CCCCCC)c(C#N)c3)cc2)cc1. The summed E-state index contributed by atoms with van der Waals surface area (Å²) in [6.45, 7) is 6.46. The van der Waals surface area contributed by atoms with E-state index in [1.54, 1.807) is 30.3 Å². The Morgan fingerprint density at radius 3 is 2.02 bits per heavy atom. The van der Waals surface area contributed by atoms with E-state index in [1.165, 1.54) is 63.4 Å². The van der Waals surface area contributed by atoms with Crippen molar-refractivity contribution in [2.45, 2.75) is 104 Å². The third kappa shape index (κ3) is 10.2. The summed E-state index contributed by atoms with van der Waals surface area (Å²) in [4.78, 5) is 12.8. The lowest BCUT2D eigenvalue weighted by Crippen LogP contribution is -2.13. The van der Waals surface area contributed by atoms with E-state index in [1.807, 2.05) is 19.1 Å². The number of benzene rings is 3. The van der Waals surface area contributed by atoms with Crippen LogP contribution in [0, 0.1) is 11.3 Å². The van der Waals surface area contributed by atoms with E-state index in [4.69, 9.17) is 9.47 Å². The minimum absolute atomic E-state index is 0.0109. The molecule has 4 nitrogen and oxygen atoms in total. The first-order valence-corrected chi connectivity index (χ1v) is 15.2. The fourth-order valence-electron chi connectivity index (χ4n) is 4.84. The maximum Gasteiger partial charge on any atom is 0.343 e. The van der Waals surface area contributed by atoms with Gasteiger partial charge in [0.05, 0.1) is 17.2 Å². The zero-order valence-electron chi connectivity index (χ0n) is 24.6. The van der Waals surface area contributed by atoms with Crippen LogP contribution in [0.4, 0.5) is 0 Å². The number of aryl methyl sites for hydroxylation is 1. The average molecular weight is 540 g/mol. The molecule has 0 aromatic heterocycles. The van der Waals surface area contributed by atoms with Crippen molar-refractivity contribution in [3.05, 3.63) is 83.4 Å². The van der Waals surface area contributed by atoms with Crippen molar-refractivity contribution in [3.8, 4) is 28.7 Å². The number of carbonyl (C=O) groups is 1. The molecule has 212 valence electrons. The van der Waals surface area contributed by atoms with E-state index in [0.717, 1.165) is 30.4 Å². The number of rotatable bonds is 17. The van der Waals surface area contributed by atoms with Crippen LogP contribution in [0.1, 0.15) is 113 Å². The third-order valence-corrected chi connectivity index (χ3v) is 7.30. The second kappa shape index (κ2) is 17.2. The molecule has 0 heterocycles. The number of hydrogen-bond acceptors (Lipinski definition) is 4. The lowest BCUT2D eigenvalue weighted by Gasteiger charge is -2.16. The molecule has 0 spiro atoms. The lowest BCUT2D eigenvalue weighted by molar-refractivity contribution is 0.0734. The molecular formula is C36H45NO3. The standard InChI is InChI=1S/C36H45NO3/c1-4-6-8-10-11-13-15-29-16-18-30(19-17-29)31-20-23-34(24-21-31)40-36(38)32-22-25-35(33(26-32)27-37)39-28(3)14-12-9-7-5-2/h16-26,28H,4-15H2,1-3H3. The Morgan fingerprint density at radius 1 is 0.775 bits per heavy atom. The van der Waals surface area contributed by atoms with Gasteiger partial charge >= 0.3 is 5.97 Å². The number of nitriles is 1. The monoisotopic (exact) mass is 539 g/mol. The van der Waals surface area contributed by atoms with Gasteiger partial charge in [-0.3, -0.25) is 0 Å². The first kappa shape index (κ1) is 31.0. The van der Waals surface area contributed by atoms with Crippen LogP contribution in [-0.4, -0.2) is 12.1 Å². The maximum absolute atomic E-state index is 12.8. The highest BCUT2D eigenvalue weighted by Crippen LogP contribution is 2.26. The molecule has 0 saturated heterocycles. The fraction of sp³-hybridized carbons (Fsp3) is 0.444. The van der Waals surface area contributed by atoms with Gasteiger partial charge in [0.1, 0.15) is 17.6 Å². The van der Waals surface area contributed by atoms with Crippen molar-refractivity contribution in [1.82, 2.24) is 0 Å². The Morgan fingerprint density at radius 2 is 1.38 bits per heavy atom. The number of hydrogen-bond donors (Lipinski definition) is 0. The van der Waals surface area contributed by atoms with E-state index in [9.17, 15) is 10.1 Å². The van der Waals surface area contributed by atoms with Gasteiger partial charge in [0.15, 0.2) is 0 Å². The van der Waals surface area contributed by atoms with Gasteiger partial charge in [-0.2, -0.15) is 5.26 Å². The molecule has 3 aromatic carbocycles. The lowest BCUT2D eigenvalue weighted by atomic mass is 10.0. The molecule has 1 unspecified atom stereocenters. The summed E-state index contributed by atoms with van der Waals surface area (Å²) in [5.41, 5.74) is 4.25. The van der Waals surface area contributed by atoms with Crippen LogP contribution in [0.3, 0.4) is 0 Å². The molecule has 0 aliphatic carbocycles. The second-order valence-corrected chi connectivity index (χ2v) is 10.7. The molecule has 0 saturated carbocycles. The summed E-state index contributed by atoms with van der Waals surface area (Å²) in [6, 6.07) is 23.3. The van der Waals surface area contributed by atoms with Gasteiger partial charge < -0.3 is 9.47 Å². The smallest absolute Gasteiger partial charge is 0.343 e. The zero-order valence-corrected chi connectivity index (χ0v) is 24.6. The van der Waals surface area contributed by atoms with E-state index in [0.29, 0.717) is 22.6 Å². The fourth-order valence-corrected chi connectivity index (χ4v) is 4.84. The maximum atomic E-state index is 12.8. The van der Waals surface area contributed by atoms with Crippen molar-refractivity contribution in [2.24, 2.45) is 0 Å². The Kier molecular flexibility index (Phi) is 13.3. The van der Waals surface area contributed by atoms with Gasteiger partial charge in [-0.25, -0.2) is 4.79 Å². The number of nitrogens with zero attached hydrogens (tertiary/aromatic N) is 1. The van der Waals surface area contributed by atoms with Crippen molar-refractivity contribution in [1.29, 1.82) is 5.26 Å². The van der Waals surface area contributed by atoms with Crippen LogP contribution < -0.4 is 9.47 Å². The van der Waals surface area contributed by atoms with E-state index in [2.05, 4.69) is 44.2 Å². The highest BCUT2D eigenvalue weighted by Gasteiger charge is 2.15. The molecule has 1 atom stereocenters. The van der Waals surface area contributed by atoms with Crippen LogP contribution in [0.5, 0.6) is 11.5 Å². The molecule has 0 amide bonds. The quantitative estimate of drug-likeness (QED) is 0.0972. The first-order chi connectivity index (χ1) is 19.5. The molecule has 0 aliphatic heterocycles.